The first-order valence-corrected chi connectivity index (χ1v) is 8.50. The monoisotopic (exact) mass is 404 g/mol. The highest BCUT2D eigenvalue weighted by atomic mass is 19.2. The molecule has 0 aromatic heterocycles. The summed E-state index contributed by atoms with van der Waals surface area (Å²) in [5, 5.41) is 10.9. The number of carbonyl (C=O) groups is 3. The maximum Gasteiger partial charge on any atom is 0.328 e. The maximum atomic E-state index is 13.3. The molecule has 2 atom stereocenters. The van der Waals surface area contributed by atoms with E-state index in [-0.39, 0.29) is 23.9 Å². The van der Waals surface area contributed by atoms with Gasteiger partial charge in [0.05, 0.1) is 6.10 Å². The minimum atomic E-state index is -1.22. The van der Waals surface area contributed by atoms with Crippen molar-refractivity contribution in [3.05, 3.63) is 35.1 Å². The van der Waals surface area contributed by atoms with Crippen LogP contribution < -0.4 is 5.32 Å². The van der Waals surface area contributed by atoms with Crippen LogP contribution in [0.2, 0.25) is 0 Å². The summed E-state index contributed by atoms with van der Waals surface area (Å²) in [6.07, 6.45) is 0.587. The molecule has 0 bridgehead atoms. The Hall–Kier alpha value is -2.62. The number of hydrogen-bond donors (Lipinski definition) is 2. The van der Waals surface area contributed by atoms with E-state index >= 15 is 0 Å². The number of hydrogen-bond acceptors (Lipinski definition) is 4. The molecule has 2 unspecified atom stereocenters. The molecule has 0 saturated carbocycles. The number of carboxylic acids is 1. The summed E-state index contributed by atoms with van der Waals surface area (Å²) in [6.45, 7) is 3.28. The van der Waals surface area contributed by atoms with E-state index < -0.39 is 35.6 Å². The van der Waals surface area contributed by atoms with Crippen molar-refractivity contribution in [2.45, 2.75) is 45.4 Å². The van der Waals surface area contributed by atoms with E-state index in [4.69, 9.17) is 9.84 Å². The molecule has 1 aromatic rings. The zero-order valence-electron chi connectivity index (χ0n) is 15.8. The van der Waals surface area contributed by atoms with Gasteiger partial charge in [-0.2, -0.15) is 0 Å². The van der Waals surface area contributed by atoms with E-state index in [2.05, 4.69) is 5.32 Å². The molecule has 28 heavy (non-hydrogen) atoms. The van der Waals surface area contributed by atoms with Crippen LogP contribution in [0.4, 0.5) is 13.2 Å². The maximum absolute atomic E-state index is 13.3. The van der Waals surface area contributed by atoms with Crippen LogP contribution in [0, 0.1) is 17.5 Å². The van der Waals surface area contributed by atoms with Crippen LogP contribution in [0.1, 0.15) is 32.3 Å². The highest BCUT2D eigenvalue weighted by molar-refractivity contribution is 5.82. The molecular weight excluding hydrogens is 381 g/mol. The molecule has 10 heteroatoms. The van der Waals surface area contributed by atoms with Gasteiger partial charge in [-0.1, -0.05) is 0 Å². The molecule has 2 amide bonds. The number of nitrogens with zero attached hydrogens (tertiary/aromatic N) is 1. The summed E-state index contributed by atoms with van der Waals surface area (Å²) >= 11 is 0. The Bertz CT molecular complexity index is 729. The zero-order chi connectivity index (χ0) is 21.4. The van der Waals surface area contributed by atoms with Gasteiger partial charge in [0, 0.05) is 45.2 Å². The Morgan fingerprint density at radius 1 is 1.32 bits per heavy atom. The second kappa shape index (κ2) is 10.6. The average molecular weight is 404 g/mol. The molecule has 1 aliphatic rings. The predicted octanol–water partition coefficient (Wildman–Crippen LogP) is 1.84. The van der Waals surface area contributed by atoms with Gasteiger partial charge >= 0.3 is 5.97 Å². The minimum Gasteiger partial charge on any atom is -0.480 e. The third-order valence-electron chi connectivity index (χ3n) is 4.07. The van der Waals surface area contributed by atoms with Gasteiger partial charge in [-0.3, -0.25) is 9.59 Å². The molecule has 7 nitrogen and oxygen atoms in total. The molecule has 0 radical (unpaired) electrons. The van der Waals surface area contributed by atoms with Crippen LogP contribution in [-0.2, 0) is 25.7 Å². The van der Waals surface area contributed by atoms with Crippen LogP contribution >= 0.6 is 0 Å². The quantitative estimate of drug-likeness (QED) is 0.706. The Kier molecular flexibility index (Phi) is 8.90. The van der Waals surface area contributed by atoms with E-state index in [1.165, 1.54) is 18.9 Å². The third-order valence-corrected chi connectivity index (χ3v) is 4.07. The summed E-state index contributed by atoms with van der Waals surface area (Å²) in [7, 11) is 1.39. The molecule has 0 aliphatic carbocycles. The summed E-state index contributed by atoms with van der Waals surface area (Å²) in [6, 6.07) is 0.432. The topological polar surface area (TPSA) is 95.9 Å². The van der Waals surface area contributed by atoms with Crippen LogP contribution in [0.5, 0.6) is 0 Å². The average Bonchev–Trinajstić information content (AvgIpc) is 3.01. The summed E-state index contributed by atoms with van der Waals surface area (Å²) in [5.41, 5.74) is -0.118. The fraction of sp³-hybridized carbons (Fsp3) is 0.500. The van der Waals surface area contributed by atoms with Crippen molar-refractivity contribution in [2.24, 2.45) is 0 Å². The highest BCUT2D eigenvalue weighted by Crippen LogP contribution is 2.19. The van der Waals surface area contributed by atoms with E-state index in [1.807, 2.05) is 0 Å². The standard InChI is InChI=1S/C11H10F3NO.C7H13NO4/c12-8-4-7(11(14)9(13)5-8)6-15-3-1-2-10(15)16;1-4(12-3)6(7(10)11)8-5(2)9/h4-5H,1-3,6H2;4,6H,1-3H3,(H,8,9)(H,10,11). The van der Waals surface area contributed by atoms with Gasteiger partial charge in [-0.15, -0.1) is 0 Å². The second-order valence-electron chi connectivity index (χ2n) is 6.24. The van der Waals surface area contributed by atoms with Crippen LogP contribution in [-0.4, -0.2) is 53.6 Å². The van der Waals surface area contributed by atoms with Crippen molar-refractivity contribution in [3.63, 3.8) is 0 Å². The van der Waals surface area contributed by atoms with E-state index in [0.29, 0.717) is 25.5 Å². The van der Waals surface area contributed by atoms with Gasteiger partial charge in [0.25, 0.3) is 0 Å². The van der Waals surface area contributed by atoms with Crippen LogP contribution in [0.3, 0.4) is 0 Å². The van der Waals surface area contributed by atoms with Crippen molar-refractivity contribution in [2.75, 3.05) is 13.7 Å². The Balaban J connectivity index is 0.000000295. The summed E-state index contributed by atoms with van der Waals surface area (Å²) < 4.78 is 43.8. The van der Waals surface area contributed by atoms with Crippen molar-refractivity contribution >= 4 is 17.8 Å². The molecule has 1 aromatic carbocycles. The van der Waals surface area contributed by atoms with Gasteiger partial charge in [0.2, 0.25) is 11.8 Å². The third kappa shape index (κ3) is 6.84. The molecule has 2 N–H and O–H groups in total. The smallest absolute Gasteiger partial charge is 0.328 e. The van der Waals surface area contributed by atoms with Gasteiger partial charge in [0.15, 0.2) is 17.7 Å². The molecule has 1 saturated heterocycles. The summed E-state index contributed by atoms with van der Waals surface area (Å²) in [5.74, 6) is -4.72. The molecule has 0 spiro atoms. The number of carbonyl (C=O) groups excluding carboxylic acids is 2. The van der Waals surface area contributed by atoms with Crippen molar-refractivity contribution in [3.8, 4) is 0 Å². The normalized spacial score (nSPS) is 15.5. The summed E-state index contributed by atoms with van der Waals surface area (Å²) in [4.78, 5) is 33.8. The van der Waals surface area contributed by atoms with E-state index in [9.17, 15) is 27.6 Å². The van der Waals surface area contributed by atoms with Gasteiger partial charge in [0.1, 0.15) is 5.82 Å². The lowest BCUT2D eigenvalue weighted by molar-refractivity contribution is -0.145. The molecule has 2 rings (SSSR count). The largest absolute Gasteiger partial charge is 0.480 e. The molecule has 156 valence electrons. The number of amides is 2. The van der Waals surface area contributed by atoms with Gasteiger partial charge < -0.3 is 20.1 Å². The number of nitrogens with one attached hydrogen (secondary N) is 1. The number of methoxy groups -OCH3 is 1. The number of ether oxygens (including phenoxy) is 1. The number of likely N-dealkylation sites (tertiary alicyclic amines) is 1. The Morgan fingerprint density at radius 3 is 2.43 bits per heavy atom. The lowest BCUT2D eigenvalue weighted by atomic mass is 10.2. The number of carboxylic acid groups (broad SMARTS) is 1. The minimum absolute atomic E-state index is 0.0701. The first-order chi connectivity index (χ1) is 13.1. The SMILES string of the molecule is COC(C)C(NC(C)=O)C(=O)O.O=C1CCCN1Cc1cc(F)cc(F)c1F. The van der Waals surface area contributed by atoms with Crippen molar-refractivity contribution in [1.82, 2.24) is 10.2 Å². The Labute approximate surface area is 160 Å². The van der Waals surface area contributed by atoms with Crippen molar-refractivity contribution in [1.29, 1.82) is 0 Å². The molecule has 1 heterocycles. The second-order valence-corrected chi connectivity index (χ2v) is 6.24. The number of benzene rings is 1. The molecule has 1 fully saturated rings. The fourth-order valence-corrected chi connectivity index (χ4v) is 2.54. The Morgan fingerprint density at radius 2 is 1.96 bits per heavy atom. The van der Waals surface area contributed by atoms with Crippen LogP contribution in [0.15, 0.2) is 12.1 Å². The fourth-order valence-electron chi connectivity index (χ4n) is 2.54. The van der Waals surface area contributed by atoms with Crippen LogP contribution in [0.25, 0.3) is 0 Å². The lowest BCUT2D eigenvalue weighted by Crippen LogP contribution is -2.47. The highest BCUT2D eigenvalue weighted by Gasteiger charge is 2.25. The molecule has 1 aliphatic heterocycles. The van der Waals surface area contributed by atoms with Crippen molar-refractivity contribution < 1.29 is 37.4 Å². The number of aliphatic carboxylic acids is 1. The van der Waals surface area contributed by atoms with E-state index in [1.54, 1.807) is 6.92 Å². The van der Waals surface area contributed by atoms with E-state index in [0.717, 1.165) is 6.07 Å². The lowest BCUT2D eigenvalue weighted by Gasteiger charge is -2.18. The first-order valence-electron chi connectivity index (χ1n) is 8.50. The zero-order valence-corrected chi connectivity index (χ0v) is 15.8. The molecular formula is C18H23F3N2O5. The predicted molar refractivity (Wildman–Crippen MR) is 92.7 cm³/mol. The number of halogens is 3. The first kappa shape index (κ1) is 23.4. The van der Waals surface area contributed by atoms with Gasteiger partial charge in [-0.05, 0) is 19.4 Å². The van der Waals surface area contributed by atoms with Gasteiger partial charge in [-0.25, -0.2) is 18.0 Å². The number of rotatable bonds is 6.